The van der Waals surface area contributed by atoms with Gasteiger partial charge in [0.15, 0.2) is 0 Å². The van der Waals surface area contributed by atoms with Gasteiger partial charge in [-0.25, -0.2) is 18.9 Å². The lowest BCUT2D eigenvalue weighted by atomic mass is 10.0. The van der Waals surface area contributed by atoms with Gasteiger partial charge in [-0.05, 0) is 43.9 Å². The van der Waals surface area contributed by atoms with Crippen LogP contribution in [-0.4, -0.2) is 85.3 Å². The van der Waals surface area contributed by atoms with Crippen molar-refractivity contribution in [2.75, 3.05) is 45.2 Å². The number of piperazine rings is 1. The number of halogens is 1. The van der Waals surface area contributed by atoms with E-state index < -0.39 is 6.04 Å². The predicted octanol–water partition coefficient (Wildman–Crippen LogP) is 3.15. The van der Waals surface area contributed by atoms with Crippen molar-refractivity contribution in [1.29, 1.82) is 5.26 Å². The van der Waals surface area contributed by atoms with Crippen LogP contribution in [0.3, 0.4) is 0 Å². The Morgan fingerprint density at radius 2 is 1.74 bits per heavy atom. The molecule has 5 heterocycles. The number of hydrogen-bond acceptors (Lipinski definition) is 8. The zero-order valence-corrected chi connectivity index (χ0v) is 23.5. The molecule has 42 heavy (non-hydrogen) atoms. The van der Waals surface area contributed by atoms with Gasteiger partial charge in [-0.3, -0.25) is 14.4 Å². The smallest absolute Gasteiger partial charge is 0.244 e. The van der Waals surface area contributed by atoms with Crippen molar-refractivity contribution in [3.8, 4) is 28.6 Å². The van der Waals surface area contributed by atoms with Crippen LogP contribution < -0.4 is 4.90 Å². The number of hydrogen-bond donors (Lipinski definition) is 0. The van der Waals surface area contributed by atoms with Crippen molar-refractivity contribution in [2.45, 2.75) is 6.04 Å². The first kappa shape index (κ1) is 27.0. The number of carbonyl (C=O) groups excluding carboxylic acids is 1. The highest BCUT2D eigenvalue weighted by atomic mass is 19.1. The summed E-state index contributed by atoms with van der Waals surface area (Å²) in [6.07, 6.45) is 8.69. The molecule has 0 N–H and O–H groups in total. The number of carbonyl (C=O) groups is 1. The molecule has 1 amide bonds. The van der Waals surface area contributed by atoms with Gasteiger partial charge < -0.3 is 9.80 Å². The summed E-state index contributed by atoms with van der Waals surface area (Å²) in [6.45, 7) is 2.35. The number of pyridine rings is 1. The third kappa shape index (κ3) is 5.06. The molecular weight excluding hydrogens is 535 g/mol. The molecule has 1 aliphatic rings. The predicted molar refractivity (Wildman–Crippen MR) is 155 cm³/mol. The van der Waals surface area contributed by atoms with E-state index in [2.05, 4.69) is 21.2 Å². The Balaban J connectivity index is 1.21. The summed E-state index contributed by atoms with van der Waals surface area (Å²) in [7, 11) is 5.55. The monoisotopic (exact) mass is 564 g/mol. The maximum Gasteiger partial charge on any atom is 0.244 e. The molecule has 1 saturated heterocycles. The minimum atomic E-state index is -0.483. The topological polar surface area (TPSA) is 111 Å². The molecule has 0 bridgehead atoms. The minimum Gasteiger partial charge on any atom is -0.353 e. The van der Waals surface area contributed by atoms with E-state index in [1.807, 2.05) is 49.3 Å². The third-order valence-corrected chi connectivity index (χ3v) is 7.49. The van der Waals surface area contributed by atoms with E-state index in [0.717, 1.165) is 22.5 Å². The molecule has 1 aromatic carbocycles. The number of rotatable bonds is 6. The summed E-state index contributed by atoms with van der Waals surface area (Å²) in [5, 5.41) is 18.3. The van der Waals surface area contributed by atoms with Crippen molar-refractivity contribution in [2.24, 2.45) is 7.05 Å². The summed E-state index contributed by atoms with van der Waals surface area (Å²) in [6, 6.07) is 11.7. The van der Waals surface area contributed by atoms with E-state index in [4.69, 9.17) is 9.97 Å². The van der Waals surface area contributed by atoms with Gasteiger partial charge in [0.2, 0.25) is 5.91 Å². The van der Waals surface area contributed by atoms with Crippen LogP contribution in [0.4, 0.5) is 10.2 Å². The Bertz CT molecular complexity index is 1780. The van der Waals surface area contributed by atoms with Gasteiger partial charge in [-0.15, -0.1) is 0 Å². The second-order valence-electron chi connectivity index (χ2n) is 10.5. The van der Waals surface area contributed by atoms with Crippen molar-refractivity contribution in [3.63, 3.8) is 0 Å². The quantitative estimate of drug-likeness (QED) is 0.309. The van der Waals surface area contributed by atoms with E-state index in [-0.39, 0.29) is 11.7 Å². The molecule has 12 heteroatoms. The number of fused-ring (bicyclic) bond motifs is 1. The fraction of sp³-hybridized carbons (Fsp3) is 0.267. The molecule has 1 aliphatic heterocycles. The number of benzene rings is 1. The summed E-state index contributed by atoms with van der Waals surface area (Å²) < 4.78 is 16.8. The molecule has 0 aliphatic carbocycles. The van der Waals surface area contributed by atoms with E-state index in [9.17, 15) is 14.4 Å². The van der Waals surface area contributed by atoms with E-state index in [1.54, 1.807) is 39.9 Å². The second-order valence-corrected chi connectivity index (χ2v) is 10.5. The van der Waals surface area contributed by atoms with Crippen molar-refractivity contribution >= 4 is 17.2 Å². The zero-order chi connectivity index (χ0) is 29.4. The molecule has 11 nitrogen and oxygen atoms in total. The van der Waals surface area contributed by atoms with Crippen molar-refractivity contribution in [1.82, 2.24) is 39.2 Å². The first-order valence-electron chi connectivity index (χ1n) is 13.5. The molecule has 212 valence electrons. The van der Waals surface area contributed by atoms with Crippen LogP contribution in [0, 0.1) is 17.1 Å². The summed E-state index contributed by atoms with van der Waals surface area (Å²) in [5.74, 6) is 0.460. The second kappa shape index (κ2) is 11.0. The Morgan fingerprint density at radius 3 is 2.36 bits per heavy atom. The summed E-state index contributed by atoms with van der Waals surface area (Å²) in [4.78, 5) is 28.9. The highest BCUT2D eigenvalue weighted by Crippen LogP contribution is 2.30. The zero-order valence-electron chi connectivity index (χ0n) is 23.5. The van der Waals surface area contributed by atoms with Crippen molar-refractivity contribution in [3.05, 3.63) is 84.3 Å². The maximum atomic E-state index is 13.5. The molecule has 6 rings (SSSR count). The lowest BCUT2D eigenvalue weighted by Gasteiger charge is -2.38. The summed E-state index contributed by atoms with van der Waals surface area (Å²) in [5.41, 5.74) is 4.69. The highest BCUT2D eigenvalue weighted by molar-refractivity contribution is 5.84. The molecule has 0 radical (unpaired) electrons. The fourth-order valence-corrected chi connectivity index (χ4v) is 5.34. The molecule has 1 atom stereocenters. The first-order chi connectivity index (χ1) is 20.3. The van der Waals surface area contributed by atoms with Crippen LogP contribution in [0.2, 0.25) is 0 Å². The Hall–Kier alpha value is -5.15. The molecule has 0 spiro atoms. The van der Waals surface area contributed by atoms with Gasteiger partial charge in [-0.2, -0.15) is 15.5 Å². The average molecular weight is 565 g/mol. The van der Waals surface area contributed by atoms with Gasteiger partial charge in [0, 0.05) is 56.7 Å². The number of aryl methyl sites for hydroxylation is 1. The first-order valence-corrected chi connectivity index (χ1v) is 13.5. The number of aromatic nitrogens is 6. The van der Waals surface area contributed by atoms with Crippen LogP contribution >= 0.6 is 0 Å². The number of anilines is 1. The highest BCUT2D eigenvalue weighted by Gasteiger charge is 2.30. The molecule has 1 fully saturated rings. The number of nitrogens with zero attached hydrogens (tertiary/aromatic N) is 10. The molecule has 5 aromatic rings. The maximum absolute atomic E-state index is 13.5. The van der Waals surface area contributed by atoms with Crippen LogP contribution in [0.5, 0.6) is 0 Å². The largest absolute Gasteiger partial charge is 0.353 e. The molecule has 0 saturated carbocycles. The van der Waals surface area contributed by atoms with Gasteiger partial charge in [0.25, 0.3) is 0 Å². The van der Waals surface area contributed by atoms with Gasteiger partial charge in [-0.1, -0.05) is 12.1 Å². The Labute approximate surface area is 242 Å². The number of likely N-dealkylation sites (N-methyl/N-ethyl adjacent to an activating group) is 1. The SMILES string of the molecule is CN(C)C(C(=O)N1CCN(c2ccc(-c3nc(-c4cnn(C)c4)cn4ncc(C#N)c34)cn2)CC1)c1ccc(F)cc1. The molecule has 4 aromatic heterocycles. The van der Waals surface area contributed by atoms with Crippen LogP contribution in [0.15, 0.2) is 67.4 Å². The lowest BCUT2D eigenvalue weighted by molar-refractivity contribution is -0.136. The lowest BCUT2D eigenvalue weighted by Crippen LogP contribution is -2.51. The third-order valence-electron chi connectivity index (χ3n) is 7.49. The van der Waals surface area contributed by atoms with Crippen LogP contribution in [0.1, 0.15) is 17.2 Å². The number of amides is 1. The van der Waals surface area contributed by atoms with Gasteiger partial charge in [0.1, 0.15) is 34.8 Å². The minimum absolute atomic E-state index is 0.00717. The van der Waals surface area contributed by atoms with Crippen molar-refractivity contribution < 1.29 is 9.18 Å². The molecular formula is C30H29FN10O. The average Bonchev–Trinajstić information content (AvgIpc) is 3.64. The standard InChI is InChI=1S/C30H29FN10O/c1-37(2)29(20-4-7-24(31)8-5-20)30(42)40-12-10-39(11-13-40)26-9-6-21(15-33-26)27-28-22(14-32)16-35-41(28)19-25(36-27)23-17-34-38(3)18-23/h4-9,15-19,29H,10-13H2,1-3H3. The van der Waals surface area contributed by atoms with Crippen LogP contribution in [0.25, 0.3) is 28.0 Å². The summed E-state index contributed by atoms with van der Waals surface area (Å²) >= 11 is 0. The van der Waals surface area contributed by atoms with E-state index >= 15 is 0 Å². The normalized spacial score (nSPS) is 14.4. The van der Waals surface area contributed by atoms with E-state index in [1.165, 1.54) is 18.3 Å². The van der Waals surface area contributed by atoms with Crippen LogP contribution in [-0.2, 0) is 11.8 Å². The van der Waals surface area contributed by atoms with Gasteiger partial charge in [0.05, 0.1) is 30.0 Å². The fourth-order valence-electron chi connectivity index (χ4n) is 5.34. The van der Waals surface area contributed by atoms with Gasteiger partial charge >= 0.3 is 0 Å². The van der Waals surface area contributed by atoms with E-state index in [0.29, 0.717) is 48.6 Å². The molecule has 1 unspecified atom stereocenters. The Kier molecular flexibility index (Phi) is 7.10. The Morgan fingerprint density at radius 1 is 0.976 bits per heavy atom. The number of nitriles is 1.